The third-order valence-electron chi connectivity index (χ3n) is 7.61. The number of aromatic nitrogens is 1. The molecule has 1 aliphatic heterocycles. The lowest BCUT2D eigenvalue weighted by Crippen LogP contribution is -2.38. The summed E-state index contributed by atoms with van der Waals surface area (Å²) in [7, 11) is -4.03. The first-order valence-corrected chi connectivity index (χ1v) is 17.9. The summed E-state index contributed by atoms with van der Waals surface area (Å²) < 4.78 is 83.7. The van der Waals surface area contributed by atoms with E-state index in [1.165, 1.54) is 36.4 Å². The normalized spacial score (nSPS) is 15.9. The first-order chi connectivity index (χ1) is 23.3. The van der Waals surface area contributed by atoms with Gasteiger partial charge in [0, 0.05) is 37.7 Å². The number of hydrogen-bond donors (Lipinski definition) is 0. The molecule has 2 aliphatic rings. The van der Waals surface area contributed by atoms with Crippen LogP contribution >= 0.6 is 23.2 Å². The number of esters is 1. The van der Waals surface area contributed by atoms with E-state index < -0.39 is 28.8 Å². The number of morpholine rings is 1. The predicted octanol–water partition coefficient (Wildman–Crippen LogP) is 5.21. The lowest BCUT2D eigenvalue weighted by Gasteiger charge is -2.26. The molecular weight excluding hydrogens is 713 g/mol. The fraction of sp³-hybridized carbons (Fsp3) is 0.438. The Morgan fingerprint density at radius 1 is 1.02 bits per heavy atom. The topological polar surface area (TPSA) is 137 Å². The number of benzene rings is 2. The van der Waals surface area contributed by atoms with Gasteiger partial charge in [-0.15, -0.1) is 0 Å². The molecule has 3 aromatic rings. The maximum atomic E-state index is 13.7. The molecule has 0 spiro atoms. The minimum atomic E-state index is -4.03. The van der Waals surface area contributed by atoms with Gasteiger partial charge in [-0.1, -0.05) is 29.3 Å². The van der Waals surface area contributed by atoms with Crippen LogP contribution in [0.1, 0.15) is 40.4 Å². The monoisotopic (exact) mass is 746 g/mol. The lowest BCUT2D eigenvalue weighted by molar-refractivity contribution is -0.605. The molecular formula is C32H34Cl2F2N2O10S. The average Bonchev–Trinajstić information content (AvgIpc) is 3.86. The molecule has 0 bridgehead atoms. The molecule has 12 nitrogen and oxygen atoms in total. The number of carbonyl (C=O) groups is 1. The van der Waals surface area contributed by atoms with E-state index in [1.807, 2.05) is 0 Å². The highest BCUT2D eigenvalue weighted by Gasteiger charge is 2.27. The molecule has 0 N–H and O–H groups in total. The molecule has 1 saturated heterocycles. The van der Waals surface area contributed by atoms with Crippen molar-refractivity contribution < 1.29 is 54.6 Å². The summed E-state index contributed by atoms with van der Waals surface area (Å²) in [6.45, 7) is 0.592. The van der Waals surface area contributed by atoms with Gasteiger partial charge in [-0.3, -0.25) is 4.90 Å². The van der Waals surface area contributed by atoms with Crippen molar-refractivity contribution in [2.75, 3.05) is 52.3 Å². The maximum absolute atomic E-state index is 13.7. The van der Waals surface area contributed by atoms with E-state index in [-0.39, 0.29) is 69.7 Å². The van der Waals surface area contributed by atoms with Gasteiger partial charge in [0.2, 0.25) is 0 Å². The highest BCUT2D eigenvalue weighted by molar-refractivity contribution is 7.86. The Bertz CT molecular complexity index is 1720. The van der Waals surface area contributed by atoms with E-state index in [0.29, 0.717) is 30.1 Å². The Morgan fingerprint density at radius 3 is 2.37 bits per heavy atom. The molecule has 2 aromatic carbocycles. The number of pyridine rings is 1. The smallest absolute Gasteiger partial charge is 0.387 e. The van der Waals surface area contributed by atoms with Crippen molar-refractivity contribution in [2.45, 2.75) is 32.0 Å². The van der Waals surface area contributed by atoms with Gasteiger partial charge in [0.15, 0.2) is 35.4 Å². The number of nitrogens with zero attached hydrogens (tertiary/aromatic N) is 2. The Morgan fingerprint density at radius 2 is 1.71 bits per heavy atom. The van der Waals surface area contributed by atoms with E-state index in [0.717, 1.165) is 44.6 Å². The molecule has 1 atom stereocenters. The Labute approximate surface area is 292 Å². The molecule has 0 unspecified atom stereocenters. The molecule has 1 saturated carbocycles. The second-order valence-electron chi connectivity index (χ2n) is 11.5. The SMILES string of the molecule is CS(=O)(=O)Oc1cc(C(=O)O[C@@H](Cc2c(Cl)c[n+]([O-])cc2Cl)c2ccc(OC(F)F)c(OCC3CC3)c2)ccc1OCCN1CCOCC1. The molecule has 49 heavy (non-hydrogen) atoms. The number of hydrogen-bond acceptors (Lipinski definition) is 11. The van der Waals surface area contributed by atoms with Gasteiger partial charge in [0.1, 0.15) is 22.8 Å². The summed E-state index contributed by atoms with van der Waals surface area (Å²) in [5.74, 6) is -0.956. The first kappa shape index (κ1) is 36.6. The summed E-state index contributed by atoms with van der Waals surface area (Å²) in [6.07, 6.45) is 3.61. The van der Waals surface area contributed by atoms with Crippen molar-refractivity contribution in [3.63, 3.8) is 0 Å². The summed E-state index contributed by atoms with van der Waals surface area (Å²) in [5.41, 5.74) is 0.490. The van der Waals surface area contributed by atoms with E-state index in [9.17, 15) is 27.2 Å². The van der Waals surface area contributed by atoms with Crippen LogP contribution in [0.4, 0.5) is 8.78 Å². The fourth-order valence-corrected chi connectivity index (χ4v) is 6.01. The highest BCUT2D eigenvalue weighted by Crippen LogP contribution is 2.38. The third-order valence-corrected chi connectivity index (χ3v) is 8.75. The van der Waals surface area contributed by atoms with Crippen molar-refractivity contribution >= 4 is 39.3 Å². The van der Waals surface area contributed by atoms with Crippen molar-refractivity contribution in [3.05, 3.63) is 80.7 Å². The highest BCUT2D eigenvalue weighted by atomic mass is 35.5. The lowest BCUT2D eigenvalue weighted by atomic mass is 10.0. The van der Waals surface area contributed by atoms with Crippen LogP contribution in [0.5, 0.6) is 23.0 Å². The van der Waals surface area contributed by atoms with Crippen molar-refractivity contribution in [1.82, 2.24) is 4.90 Å². The molecule has 1 aromatic heterocycles. The summed E-state index contributed by atoms with van der Waals surface area (Å²) in [4.78, 5) is 15.8. The molecule has 5 rings (SSSR count). The predicted molar refractivity (Wildman–Crippen MR) is 173 cm³/mol. The molecule has 2 fully saturated rings. The number of rotatable bonds is 16. The summed E-state index contributed by atoms with van der Waals surface area (Å²) in [5, 5.41) is 11.9. The molecule has 2 heterocycles. The zero-order valence-electron chi connectivity index (χ0n) is 26.3. The Hall–Kier alpha value is -3.63. The van der Waals surface area contributed by atoms with Crippen molar-refractivity contribution in [2.24, 2.45) is 5.92 Å². The van der Waals surface area contributed by atoms with Crippen LogP contribution < -0.4 is 23.1 Å². The van der Waals surface area contributed by atoms with Crippen LogP contribution in [-0.4, -0.2) is 78.2 Å². The fourth-order valence-electron chi connectivity index (χ4n) is 4.95. The van der Waals surface area contributed by atoms with Crippen LogP contribution in [0.25, 0.3) is 0 Å². The number of halogens is 4. The standard InChI is InChI=1S/C32H34Cl2F2N2O10S/c1-49(41,42)48-30-15-22(5-6-26(30)44-13-10-37-8-11-43-12-9-37)31(39)46-28(16-23-24(33)17-38(40)18-25(23)34)21-4-7-27(47-32(35)36)29(14-21)45-19-20-2-3-20/h4-7,14-15,17-18,20,28,32H,2-3,8-13,16,19H2,1H3/t28-/m0/s1. The van der Waals surface area contributed by atoms with Gasteiger partial charge < -0.3 is 33.1 Å². The van der Waals surface area contributed by atoms with Crippen LogP contribution in [0.3, 0.4) is 0 Å². The van der Waals surface area contributed by atoms with Gasteiger partial charge >= 0.3 is 22.7 Å². The molecule has 1 aliphatic carbocycles. The minimum Gasteiger partial charge on any atom is -0.619 e. The van der Waals surface area contributed by atoms with Crippen molar-refractivity contribution in [1.29, 1.82) is 0 Å². The van der Waals surface area contributed by atoms with Gasteiger partial charge in [-0.05, 0) is 48.6 Å². The van der Waals surface area contributed by atoms with E-state index in [4.69, 9.17) is 46.3 Å². The number of carbonyl (C=O) groups excluding carboxylic acids is 1. The van der Waals surface area contributed by atoms with E-state index >= 15 is 0 Å². The number of alkyl halides is 2. The van der Waals surface area contributed by atoms with Crippen LogP contribution in [-0.2, 0) is 26.0 Å². The average molecular weight is 748 g/mol. The molecule has 266 valence electrons. The first-order valence-electron chi connectivity index (χ1n) is 15.3. The largest absolute Gasteiger partial charge is 0.619 e. The number of ether oxygens (including phenoxy) is 5. The van der Waals surface area contributed by atoms with Gasteiger partial charge in [0.05, 0.1) is 31.6 Å². The second kappa shape index (κ2) is 16.4. The zero-order chi connectivity index (χ0) is 35.1. The second-order valence-corrected chi connectivity index (χ2v) is 13.9. The maximum Gasteiger partial charge on any atom is 0.387 e. The summed E-state index contributed by atoms with van der Waals surface area (Å²) >= 11 is 12.7. The van der Waals surface area contributed by atoms with Crippen LogP contribution in [0, 0.1) is 11.1 Å². The van der Waals surface area contributed by atoms with Crippen LogP contribution in [0.15, 0.2) is 48.8 Å². The van der Waals surface area contributed by atoms with Gasteiger partial charge in [-0.2, -0.15) is 21.9 Å². The quantitative estimate of drug-likeness (QED) is 0.0827. The van der Waals surface area contributed by atoms with Gasteiger partial charge in [-0.25, -0.2) is 4.79 Å². The molecule has 0 amide bonds. The summed E-state index contributed by atoms with van der Waals surface area (Å²) in [6, 6.07) is 8.05. The molecule has 17 heteroatoms. The zero-order valence-corrected chi connectivity index (χ0v) is 28.6. The molecule has 0 radical (unpaired) electrons. The minimum absolute atomic E-state index is 0.00571. The van der Waals surface area contributed by atoms with Crippen molar-refractivity contribution in [3.8, 4) is 23.0 Å². The van der Waals surface area contributed by atoms with Gasteiger partial charge in [0.25, 0.3) is 0 Å². The van der Waals surface area contributed by atoms with Crippen LogP contribution in [0.2, 0.25) is 10.0 Å². The third kappa shape index (κ3) is 10.9. The van der Waals surface area contributed by atoms with E-state index in [1.54, 1.807) is 0 Å². The Kier molecular flexibility index (Phi) is 12.3. The van der Waals surface area contributed by atoms with E-state index in [2.05, 4.69) is 9.64 Å². The Balaban J connectivity index is 1.43.